The van der Waals surface area contributed by atoms with Crippen molar-refractivity contribution in [2.45, 2.75) is 19.4 Å². The van der Waals surface area contributed by atoms with Gasteiger partial charge < -0.3 is 10.6 Å². The van der Waals surface area contributed by atoms with Crippen molar-refractivity contribution in [3.05, 3.63) is 0 Å². The number of carbonyl (C=O) groups excluding carboxylic acids is 1. The lowest BCUT2D eigenvalue weighted by Gasteiger charge is -2.04. The van der Waals surface area contributed by atoms with Crippen LogP contribution in [0.5, 0.6) is 0 Å². The average Bonchev–Trinajstić information content (AvgIpc) is 2.18. The minimum atomic E-state index is 0.0787. The van der Waals surface area contributed by atoms with Crippen LogP contribution in [0.3, 0.4) is 0 Å². The number of hydrogen-bond acceptors (Lipinski definition) is 2. The molecule has 1 fully saturated rings. The highest BCUT2D eigenvalue weighted by Crippen LogP contribution is 1.97. The van der Waals surface area contributed by atoms with Gasteiger partial charge in [0.15, 0.2) is 0 Å². The van der Waals surface area contributed by atoms with E-state index in [4.69, 9.17) is 0 Å². The van der Waals surface area contributed by atoms with E-state index in [0.29, 0.717) is 0 Å². The molecule has 0 aromatic carbocycles. The van der Waals surface area contributed by atoms with Gasteiger partial charge in [0.2, 0.25) is 5.91 Å². The predicted octanol–water partition coefficient (Wildman–Crippen LogP) is -0.516. The Kier molecular flexibility index (Phi) is 2.05. The third-order valence-corrected chi connectivity index (χ3v) is 1.50. The van der Waals surface area contributed by atoms with Gasteiger partial charge in [-0.15, -0.1) is 0 Å². The number of amides is 1. The molecule has 9 heavy (non-hydrogen) atoms. The Bertz CT molecular complexity index is 114. The minimum Gasteiger partial charge on any atom is -0.355 e. The SMILES string of the molecule is CCN[C@H]1CCNC1=O. The van der Waals surface area contributed by atoms with E-state index >= 15 is 0 Å². The molecule has 0 unspecified atom stereocenters. The Balaban J connectivity index is 2.31. The Morgan fingerprint density at radius 3 is 3.11 bits per heavy atom. The fraction of sp³-hybridized carbons (Fsp3) is 0.833. The van der Waals surface area contributed by atoms with Gasteiger partial charge in [-0.05, 0) is 13.0 Å². The summed E-state index contributed by atoms with van der Waals surface area (Å²) in [6, 6.07) is 0.0787. The van der Waals surface area contributed by atoms with E-state index < -0.39 is 0 Å². The fourth-order valence-corrected chi connectivity index (χ4v) is 1.04. The maximum Gasteiger partial charge on any atom is 0.237 e. The first-order valence-corrected chi connectivity index (χ1v) is 3.35. The topological polar surface area (TPSA) is 41.1 Å². The summed E-state index contributed by atoms with van der Waals surface area (Å²) >= 11 is 0. The summed E-state index contributed by atoms with van der Waals surface area (Å²) in [5.41, 5.74) is 0. The zero-order valence-electron chi connectivity index (χ0n) is 5.61. The van der Waals surface area contributed by atoms with Crippen molar-refractivity contribution in [1.29, 1.82) is 0 Å². The molecule has 1 aliphatic rings. The summed E-state index contributed by atoms with van der Waals surface area (Å²) in [7, 11) is 0. The number of likely N-dealkylation sites (N-methyl/N-ethyl adjacent to an activating group) is 1. The van der Waals surface area contributed by atoms with Crippen molar-refractivity contribution in [2.75, 3.05) is 13.1 Å². The number of rotatable bonds is 2. The Morgan fingerprint density at radius 2 is 2.67 bits per heavy atom. The molecule has 0 aliphatic carbocycles. The van der Waals surface area contributed by atoms with Gasteiger partial charge in [0.1, 0.15) is 0 Å². The third kappa shape index (κ3) is 1.42. The number of carbonyl (C=O) groups is 1. The van der Waals surface area contributed by atoms with Gasteiger partial charge in [0.25, 0.3) is 0 Å². The van der Waals surface area contributed by atoms with Crippen LogP contribution in [0.25, 0.3) is 0 Å². The van der Waals surface area contributed by atoms with E-state index in [1.54, 1.807) is 0 Å². The third-order valence-electron chi connectivity index (χ3n) is 1.50. The van der Waals surface area contributed by atoms with Crippen LogP contribution in [0, 0.1) is 0 Å². The molecule has 0 radical (unpaired) electrons. The minimum absolute atomic E-state index is 0.0787. The first kappa shape index (κ1) is 6.55. The second-order valence-corrected chi connectivity index (χ2v) is 2.19. The quantitative estimate of drug-likeness (QED) is 0.525. The molecule has 1 rings (SSSR count). The molecular weight excluding hydrogens is 116 g/mol. The molecule has 1 heterocycles. The van der Waals surface area contributed by atoms with Crippen LogP contribution in [0.15, 0.2) is 0 Å². The van der Waals surface area contributed by atoms with Crippen molar-refractivity contribution >= 4 is 5.91 Å². The molecule has 0 aromatic rings. The Morgan fingerprint density at radius 1 is 1.89 bits per heavy atom. The van der Waals surface area contributed by atoms with Gasteiger partial charge in [-0.1, -0.05) is 6.92 Å². The van der Waals surface area contributed by atoms with Crippen LogP contribution in [0.4, 0.5) is 0 Å². The summed E-state index contributed by atoms with van der Waals surface area (Å²) in [6.45, 7) is 3.71. The zero-order valence-corrected chi connectivity index (χ0v) is 5.61. The van der Waals surface area contributed by atoms with E-state index in [9.17, 15) is 4.79 Å². The average molecular weight is 128 g/mol. The molecule has 1 saturated heterocycles. The molecule has 3 nitrogen and oxygen atoms in total. The first-order chi connectivity index (χ1) is 4.34. The van der Waals surface area contributed by atoms with Crippen LogP contribution < -0.4 is 10.6 Å². The van der Waals surface area contributed by atoms with Crippen molar-refractivity contribution in [3.63, 3.8) is 0 Å². The van der Waals surface area contributed by atoms with E-state index in [1.807, 2.05) is 6.92 Å². The lowest BCUT2D eigenvalue weighted by Crippen LogP contribution is -2.35. The van der Waals surface area contributed by atoms with Gasteiger partial charge >= 0.3 is 0 Å². The summed E-state index contributed by atoms with van der Waals surface area (Å²) in [4.78, 5) is 10.8. The number of hydrogen-bond donors (Lipinski definition) is 2. The molecular formula is C6H12N2O. The predicted molar refractivity (Wildman–Crippen MR) is 35.1 cm³/mol. The van der Waals surface area contributed by atoms with Gasteiger partial charge in [-0.25, -0.2) is 0 Å². The fourth-order valence-electron chi connectivity index (χ4n) is 1.04. The van der Waals surface area contributed by atoms with E-state index in [-0.39, 0.29) is 11.9 Å². The maximum absolute atomic E-state index is 10.8. The second-order valence-electron chi connectivity index (χ2n) is 2.19. The molecule has 3 heteroatoms. The first-order valence-electron chi connectivity index (χ1n) is 3.35. The lowest BCUT2D eigenvalue weighted by atomic mass is 10.2. The lowest BCUT2D eigenvalue weighted by molar-refractivity contribution is -0.120. The standard InChI is InChI=1S/C6H12N2O/c1-2-7-5-3-4-8-6(5)9/h5,7H,2-4H2,1H3,(H,8,9)/t5-/m0/s1. The molecule has 1 atom stereocenters. The van der Waals surface area contributed by atoms with Gasteiger partial charge in [-0.3, -0.25) is 4.79 Å². The van der Waals surface area contributed by atoms with Crippen LogP contribution in [0.2, 0.25) is 0 Å². The number of nitrogens with one attached hydrogen (secondary N) is 2. The summed E-state index contributed by atoms with van der Waals surface area (Å²) in [5, 5.41) is 5.84. The van der Waals surface area contributed by atoms with Gasteiger partial charge in [-0.2, -0.15) is 0 Å². The zero-order chi connectivity index (χ0) is 6.69. The van der Waals surface area contributed by atoms with E-state index in [2.05, 4.69) is 10.6 Å². The summed E-state index contributed by atoms with van der Waals surface area (Å²) in [6.07, 6.45) is 0.937. The molecule has 1 aliphatic heterocycles. The van der Waals surface area contributed by atoms with Gasteiger partial charge in [0.05, 0.1) is 6.04 Å². The highest BCUT2D eigenvalue weighted by Gasteiger charge is 2.21. The monoisotopic (exact) mass is 128 g/mol. The molecule has 0 aromatic heterocycles. The molecule has 0 spiro atoms. The molecule has 0 bridgehead atoms. The van der Waals surface area contributed by atoms with Crippen molar-refractivity contribution in [3.8, 4) is 0 Å². The van der Waals surface area contributed by atoms with E-state index in [1.165, 1.54) is 0 Å². The smallest absolute Gasteiger partial charge is 0.237 e. The van der Waals surface area contributed by atoms with Crippen LogP contribution in [-0.4, -0.2) is 25.0 Å². The van der Waals surface area contributed by atoms with Crippen LogP contribution >= 0.6 is 0 Å². The molecule has 52 valence electrons. The molecule has 1 amide bonds. The van der Waals surface area contributed by atoms with Crippen molar-refractivity contribution < 1.29 is 4.79 Å². The van der Waals surface area contributed by atoms with Gasteiger partial charge in [0, 0.05) is 6.54 Å². The normalized spacial score (nSPS) is 26.3. The Labute approximate surface area is 54.8 Å². The molecule has 0 saturated carbocycles. The highest BCUT2D eigenvalue weighted by atomic mass is 16.2. The summed E-state index contributed by atoms with van der Waals surface area (Å²) < 4.78 is 0. The van der Waals surface area contributed by atoms with Crippen molar-refractivity contribution in [1.82, 2.24) is 10.6 Å². The molecule has 2 N–H and O–H groups in total. The highest BCUT2D eigenvalue weighted by molar-refractivity contribution is 5.83. The second kappa shape index (κ2) is 2.82. The van der Waals surface area contributed by atoms with Crippen molar-refractivity contribution in [2.24, 2.45) is 0 Å². The Hall–Kier alpha value is -0.570. The largest absolute Gasteiger partial charge is 0.355 e. The van der Waals surface area contributed by atoms with Crippen LogP contribution in [-0.2, 0) is 4.79 Å². The maximum atomic E-state index is 10.8. The van der Waals surface area contributed by atoms with Crippen LogP contribution in [0.1, 0.15) is 13.3 Å². The van der Waals surface area contributed by atoms with E-state index in [0.717, 1.165) is 19.5 Å². The summed E-state index contributed by atoms with van der Waals surface area (Å²) in [5.74, 6) is 0.150.